The number of hydrogen-bond donors (Lipinski definition) is 2. The van der Waals surface area contributed by atoms with Gasteiger partial charge in [-0.25, -0.2) is 4.39 Å². The van der Waals surface area contributed by atoms with E-state index in [-0.39, 0.29) is 5.82 Å². The van der Waals surface area contributed by atoms with Gasteiger partial charge in [0.25, 0.3) is 0 Å². The highest BCUT2D eigenvalue weighted by atomic mass is 79.9. The molecular formula is C13H11Br2FN2O. The number of hydrogen-bond acceptors (Lipinski definition) is 3. The predicted molar refractivity (Wildman–Crippen MR) is 82.5 cm³/mol. The van der Waals surface area contributed by atoms with Crippen LogP contribution in [0, 0.1) is 5.82 Å². The summed E-state index contributed by atoms with van der Waals surface area (Å²) in [5, 5.41) is 3.13. The van der Waals surface area contributed by atoms with Crippen LogP contribution in [0.15, 0.2) is 39.3 Å². The van der Waals surface area contributed by atoms with E-state index >= 15 is 0 Å². The van der Waals surface area contributed by atoms with Gasteiger partial charge in [-0.3, -0.25) is 0 Å². The minimum Gasteiger partial charge on any atom is -0.496 e. The third-order valence-electron chi connectivity index (χ3n) is 2.52. The van der Waals surface area contributed by atoms with Crippen LogP contribution in [0.4, 0.5) is 21.5 Å². The number of benzene rings is 2. The minimum absolute atomic E-state index is 0.340. The molecule has 0 aromatic heterocycles. The second-order valence-corrected chi connectivity index (χ2v) is 5.54. The Morgan fingerprint density at radius 1 is 1.16 bits per heavy atom. The van der Waals surface area contributed by atoms with E-state index in [9.17, 15) is 4.39 Å². The monoisotopic (exact) mass is 388 g/mol. The Kier molecular flexibility index (Phi) is 4.31. The lowest BCUT2D eigenvalue weighted by molar-refractivity contribution is 0.412. The molecule has 0 saturated carbocycles. The molecule has 3 N–H and O–H groups in total. The van der Waals surface area contributed by atoms with Gasteiger partial charge in [-0.05, 0) is 56.1 Å². The first-order valence-corrected chi connectivity index (χ1v) is 6.95. The molecule has 0 amide bonds. The van der Waals surface area contributed by atoms with E-state index in [1.54, 1.807) is 13.2 Å². The molecule has 0 aliphatic rings. The molecule has 0 fully saturated rings. The van der Waals surface area contributed by atoms with Crippen molar-refractivity contribution >= 4 is 48.9 Å². The molecule has 100 valence electrons. The van der Waals surface area contributed by atoms with E-state index in [1.165, 1.54) is 6.07 Å². The van der Waals surface area contributed by atoms with Crippen LogP contribution in [-0.4, -0.2) is 7.11 Å². The maximum absolute atomic E-state index is 13.3. The van der Waals surface area contributed by atoms with Crippen LogP contribution in [0.1, 0.15) is 0 Å². The maximum atomic E-state index is 13.3. The molecule has 0 radical (unpaired) electrons. The quantitative estimate of drug-likeness (QED) is 0.749. The first kappa shape index (κ1) is 14.1. The van der Waals surface area contributed by atoms with Gasteiger partial charge in [-0.1, -0.05) is 0 Å². The van der Waals surface area contributed by atoms with Crippen LogP contribution >= 0.6 is 31.9 Å². The van der Waals surface area contributed by atoms with Crippen molar-refractivity contribution in [3.63, 3.8) is 0 Å². The number of nitrogens with two attached hydrogens (primary N) is 1. The van der Waals surface area contributed by atoms with Crippen molar-refractivity contribution in [2.45, 2.75) is 0 Å². The number of nitrogens with one attached hydrogen (secondary N) is 1. The minimum atomic E-state index is -0.390. The average molecular weight is 390 g/mol. The fraction of sp³-hybridized carbons (Fsp3) is 0.0769. The van der Waals surface area contributed by atoms with Gasteiger partial charge in [0, 0.05) is 11.8 Å². The Hall–Kier alpha value is -1.27. The van der Waals surface area contributed by atoms with Gasteiger partial charge in [0.1, 0.15) is 11.6 Å². The van der Waals surface area contributed by atoms with Gasteiger partial charge in [-0.15, -0.1) is 0 Å². The van der Waals surface area contributed by atoms with Crippen LogP contribution in [0.2, 0.25) is 0 Å². The number of anilines is 3. The van der Waals surface area contributed by atoms with Crippen LogP contribution in [0.5, 0.6) is 5.75 Å². The summed E-state index contributed by atoms with van der Waals surface area (Å²) < 4.78 is 19.6. The van der Waals surface area contributed by atoms with E-state index in [4.69, 9.17) is 10.5 Å². The molecule has 2 aromatic rings. The Labute approximate surface area is 127 Å². The van der Waals surface area contributed by atoms with Gasteiger partial charge in [-0.2, -0.15) is 0 Å². The Morgan fingerprint density at radius 3 is 2.53 bits per heavy atom. The first-order chi connectivity index (χ1) is 9.01. The average Bonchev–Trinajstić information content (AvgIpc) is 2.36. The lowest BCUT2D eigenvalue weighted by Crippen LogP contribution is -1.98. The van der Waals surface area contributed by atoms with Crippen molar-refractivity contribution in [3.05, 3.63) is 45.1 Å². The van der Waals surface area contributed by atoms with Gasteiger partial charge < -0.3 is 15.8 Å². The van der Waals surface area contributed by atoms with Crippen molar-refractivity contribution in [2.24, 2.45) is 0 Å². The molecular weight excluding hydrogens is 379 g/mol. The molecule has 0 atom stereocenters. The zero-order chi connectivity index (χ0) is 14.0. The molecule has 19 heavy (non-hydrogen) atoms. The third-order valence-corrected chi connectivity index (χ3v) is 3.75. The van der Waals surface area contributed by atoms with Crippen LogP contribution < -0.4 is 15.8 Å². The highest BCUT2D eigenvalue weighted by molar-refractivity contribution is 9.10. The molecule has 3 nitrogen and oxygen atoms in total. The Morgan fingerprint density at radius 2 is 1.89 bits per heavy atom. The van der Waals surface area contributed by atoms with Crippen molar-refractivity contribution in [1.82, 2.24) is 0 Å². The van der Waals surface area contributed by atoms with Gasteiger partial charge in [0.15, 0.2) is 0 Å². The summed E-state index contributed by atoms with van der Waals surface area (Å²) >= 11 is 6.53. The predicted octanol–water partition coefficient (Wildman–Crippen LogP) is 4.69. The summed E-state index contributed by atoms with van der Waals surface area (Å²) in [7, 11) is 1.60. The smallest absolute Gasteiger partial charge is 0.139 e. The first-order valence-electron chi connectivity index (χ1n) is 5.36. The largest absolute Gasteiger partial charge is 0.496 e. The van der Waals surface area contributed by atoms with Crippen molar-refractivity contribution in [2.75, 3.05) is 18.2 Å². The highest BCUT2D eigenvalue weighted by Gasteiger charge is 2.07. The van der Waals surface area contributed by atoms with E-state index in [0.717, 1.165) is 15.9 Å². The fourth-order valence-corrected chi connectivity index (χ4v) is 2.45. The molecule has 0 aliphatic heterocycles. The zero-order valence-corrected chi connectivity index (χ0v) is 13.2. The summed E-state index contributed by atoms with van der Waals surface area (Å²) in [4.78, 5) is 0. The van der Waals surface area contributed by atoms with E-state index in [0.29, 0.717) is 15.8 Å². The van der Waals surface area contributed by atoms with Gasteiger partial charge in [0.2, 0.25) is 0 Å². The molecule has 0 bridgehead atoms. The molecule has 0 unspecified atom stereocenters. The number of rotatable bonds is 3. The number of ether oxygens (including phenoxy) is 1. The zero-order valence-electron chi connectivity index (χ0n) is 10.0. The molecule has 0 spiro atoms. The second-order valence-electron chi connectivity index (χ2n) is 3.83. The van der Waals surface area contributed by atoms with Gasteiger partial charge >= 0.3 is 0 Å². The van der Waals surface area contributed by atoms with Crippen molar-refractivity contribution in [3.8, 4) is 5.75 Å². The SMILES string of the molecule is COc1ccc(Nc2cc(Br)c(F)cc2N)cc1Br. The number of halogens is 3. The van der Waals surface area contributed by atoms with Crippen LogP contribution in [-0.2, 0) is 0 Å². The standard InChI is InChI=1S/C13H11Br2FN2O/c1-19-13-3-2-7(4-9(13)15)18-12-5-8(14)10(16)6-11(12)17/h2-6,18H,17H2,1H3. The van der Waals surface area contributed by atoms with E-state index in [2.05, 4.69) is 37.2 Å². The normalized spacial score (nSPS) is 10.3. The highest BCUT2D eigenvalue weighted by Crippen LogP contribution is 2.32. The summed E-state index contributed by atoms with van der Waals surface area (Å²) in [6, 6.07) is 8.39. The molecule has 0 aliphatic carbocycles. The maximum Gasteiger partial charge on any atom is 0.139 e. The van der Waals surface area contributed by atoms with E-state index in [1.807, 2.05) is 18.2 Å². The Bertz CT molecular complexity index is 620. The molecule has 0 saturated heterocycles. The molecule has 6 heteroatoms. The Balaban J connectivity index is 2.31. The summed E-state index contributed by atoms with van der Waals surface area (Å²) in [6.45, 7) is 0. The summed E-state index contributed by atoms with van der Waals surface area (Å²) in [6.07, 6.45) is 0. The number of nitrogen functional groups attached to an aromatic ring is 1. The van der Waals surface area contributed by atoms with Crippen molar-refractivity contribution < 1.29 is 9.13 Å². The number of methoxy groups -OCH3 is 1. The molecule has 0 heterocycles. The van der Waals surface area contributed by atoms with Crippen LogP contribution in [0.3, 0.4) is 0 Å². The third kappa shape index (κ3) is 3.19. The van der Waals surface area contributed by atoms with Crippen LogP contribution in [0.25, 0.3) is 0 Å². The lowest BCUT2D eigenvalue weighted by atomic mass is 10.2. The van der Waals surface area contributed by atoms with Crippen molar-refractivity contribution in [1.29, 1.82) is 0 Å². The summed E-state index contributed by atoms with van der Waals surface area (Å²) in [5.74, 6) is 0.345. The molecule has 2 aromatic carbocycles. The van der Waals surface area contributed by atoms with E-state index < -0.39 is 0 Å². The topological polar surface area (TPSA) is 47.3 Å². The second kappa shape index (κ2) is 5.79. The molecule has 2 rings (SSSR count). The summed E-state index contributed by atoms with van der Waals surface area (Å²) in [5.41, 5.74) is 7.56. The lowest BCUT2D eigenvalue weighted by Gasteiger charge is -2.12. The fourth-order valence-electron chi connectivity index (χ4n) is 1.57. The van der Waals surface area contributed by atoms with Gasteiger partial charge in [0.05, 0.1) is 27.4 Å².